The van der Waals surface area contributed by atoms with Crippen LogP contribution >= 0.6 is 0 Å². The Morgan fingerprint density at radius 1 is 0.317 bits per heavy atom. The van der Waals surface area contributed by atoms with Gasteiger partial charge in [0.15, 0.2) is 0 Å². The van der Waals surface area contributed by atoms with Gasteiger partial charge in [-0.25, -0.2) is 0 Å². The van der Waals surface area contributed by atoms with Gasteiger partial charge in [0.2, 0.25) is 0 Å². The number of rotatable bonds is 20. The fraction of sp³-hybridized carbons (Fsp3) is 0.833. The van der Waals surface area contributed by atoms with E-state index in [1.807, 2.05) is 34.6 Å². The van der Waals surface area contributed by atoms with E-state index >= 15 is 0 Å². The van der Waals surface area contributed by atoms with E-state index in [0.29, 0.717) is 0 Å². The first-order chi connectivity index (χ1) is 18.9. The summed E-state index contributed by atoms with van der Waals surface area (Å²) in [6.45, 7) is 10.2. The Morgan fingerprint density at radius 2 is 0.439 bits per heavy atom. The molecule has 41 heavy (non-hydrogen) atoms. The molecule has 0 aromatic rings. The first-order valence-electron chi connectivity index (χ1n) is 14.8. The van der Waals surface area contributed by atoms with E-state index in [4.69, 9.17) is 0 Å². The fourth-order valence-electron chi connectivity index (χ4n) is 2.60. The van der Waals surface area contributed by atoms with Crippen LogP contribution in [0, 0.1) is 0 Å². The third-order valence-electron chi connectivity index (χ3n) is 4.92. The Kier molecular flexibility index (Phi) is 60.5. The van der Waals surface area contributed by atoms with Gasteiger partial charge in [0.1, 0.15) is 0 Å². The number of carboxylic acids is 5. The average Bonchev–Trinajstić information content (AvgIpc) is 2.86. The summed E-state index contributed by atoms with van der Waals surface area (Å²) in [6, 6.07) is 0. The van der Waals surface area contributed by atoms with Crippen LogP contribution in [0.3, 0.4) is 0 Å². The smallest absolute Gasteiger partial charge is 0.550 e. The van der Waals surface area contributed by atoms with Crippen LogP contribution in [-0.2, 0) is 46.4 Å². The normalized spacial score (nSPS) is 8.90. The monoisotopic (exact) mass is 668 g/mol. The second-order valence-electron chi connectivity index (χ2n) is 9.15. The molecule has 0 amide bonds. The van der Waals surface area contributed by atoms with Crippen LogP contribution in [0.4, 0.5) is 0 Å². The Bertz CT molecular complexity index is 468. The zero-order valence-electron chi connectivity index (χ0n) is 26.2. The van der Waals surface area contributed by atoms with Gasteiger partial charge in [0.05, 0.1) is 0 Å². The van der Waals surface area contributed by atoms with E-state index in [2.05, 4.69) is 0 Å². The molecule has 0 aromatic carbocycles. The summed E-state index contributed by atoms with van der Waals surface area (Å²) in [4.78, 5) is 48.8. The van der Waals surface area contributed by atoms with E-state index in [-0.39, 0.29) is 54.5 Å². The Hall–Kier alpha value is -1.91. The zero-order valence-corrected chi connectivity index (χ0v) is 28.4. The fourth-order valence-corrected chi connectivity index (χ4v) is 2.60. The Balaban J connectivity index is -0.0000000928. The molecule has 0 radical (unpaired) electrons. The minimum absolute atomic E-state index is 0. The summed E-state index contributed by atoms with van der Waals surface area (Å²) in [5, 5.41) is 48.8. The number of hydrogen-bond donors (Lipinski definition) is 0. The summed E-state index contributed by atoms with van der Waals surface area (Å²) >= 11 is 0. The van der Waals surface area contributed by atoms with Gasteiger partial charge in [0.25, 0.3) is 0 Å². The van der Waals surface area contributed by atoms with Crippen LogP contribution in [0.1, 0.15) is 163 Å². The molecule has 0 aliphatic rings. The van der Waals surface area contributed by atoms with E-state index in [9.17, 15) is 49.5 Å². The standard InChI is InChI=1S/5C6H12O2.Nb/c5*1-2-3-4-5-6(7)8;/h5*2-5H2,1H3,(H,7,8);/q;;;;;+5/p-5. The van der Waals surface area contributed by atoms with Crippen molar-refractivity contribution in [1.82, 2.24) is 0 Å². The maximum atomic E-state index is 9.76. The maximum absolute atomic E-state index is 9.76. The predicted octanol–water partition coefficient (Wildman–Crippen LogP) is 1.58. The number of carbonyl (C=O) groups excluding carboxylic acids is 5. The molecule has 0 bridgehead atoms. The molecule has 10 nitrogen and oxygen atoms in total. The Morgan fingerprint density at radius 3 is 0.512 bits per heavy atom. The van der Waals surface area contributed by atoms with Gasteiger partial charge in [-0.05, 0) is 64.2 Å². The molecule has 0 saturated carbocycles. The van der Waals surface area contributed by atoms with E-state index in [1.54, 1.807) is 0 Å². The topological polar surface area (TPSA) is 201 Å². The summed E-state index contributed by atoms with van der Waals surface area (Å²) in [5.41, 5.74) is 0. The van der Waals surface area contributed by atoms with Crippen LogP contribution < -0.4 is 25.5 Å². The van der Waals surface area contributed by atoms with Crippen molar-refractivity contribution in [3.63, 3.8) is 0 Å². The maximum Gasteiger partial charge on any atom is 5.00 e. The number of hydrogen-bond acceptors (Lipinski definition) is 10. The second kappa shape index (κ2) is 47.9. The second-order valence-corrected chi connectivity index (χ2v) is 9.15. The number of unbranched alkanes of at least 4 members (excludes halogenated alkanes) is 10. The van der Waals surface area contributed by atoms with Crippen molar-refractivity contribution < 1.29 is 71.9 Å². The molecule has 0 aliphatic carbocycles. The number of aliphatic carboxylic acids is 5. The van der Waals surface area contributed by atoms with Crippen molar-refractivity contribution in [2.45, 2.75) is 163 Å². The summed E-state index contributed by atoms with van der Waals surface area (Å²) in [7, 11) is 0. The molecule has 0 rings (SSSR count). The van der Waals surface area contributed by atoms with Crippen LogP contribution in [0.2, 0.25) is 0 Å². The SMILES string of the molecule is CCCCCC(=O)[O-].CCCCCC(=O)[O-].CCCCCC(=O)[O-].CCCCCC(=O)[O-].CCCCCC(=O)[O-].[Nb+5]. The van der Waals surface area contributed by atoms with Gasteiger partial charge >= 0.3 is 22.4 Å². The molecule has 240 valence electrons. The molecular weight excluding hydrogens is 613 g/mol. The van der Waals surface area contributed by atoms with Gasteiger partial charge in [-0.3, -0.25) is 0 Å². The first kappa shape index (κ1) is 51.8. The minimum Gasteiger partial charge on any atom is -0.550 e. The molecule has 0 N–H and O–H groups in total. The van der Waals surface area contributed by atoms with Crippen molar-refractivity contribution in [2.75, 3.05) is 0 Å². The molecule has 0 aromatic heterocycles. The molecule has 0 heterocycles. The van der Waals surface area contributed by atoms with Gasteiger partial charge in [-0.15, -0.1) is 0 Å². The third-order valence-corrected chi connectivity index (χ3v) is 4.92. The van der Waals surface area contributed by atoms with Gasteiger partial charge < -0.3 is 49.5 Å². The van der Waals surface area contributed by atoms with Crippen molar-refractivity contribution >= 4 is 29.8 Å². The molecule has 11 heteroatoms. The number of carboxylic acid groups (broad SMARTS) is 5. The Labute approximate surface area is 264 Å². The summed E-state index contributed by atoms with van der Waals surface area (Å²) in [6.07, 6.45) is 15.2. The van der Waals surface area contributed by atoms with Crippen molar-refractivity contribution in [2.24, 2.45) is 0 Å². The largest absolute Gasteiger partial charge is 5.00 e. The van der Waals surface area contributed by atoms with Crippen molar-refractivity contribution in [3.8, 4) is 0 Å². The first-order valence-corrected chi connectivity index (χ1v) is 14.8. The zero-order chi connectivity index (χ0) is 32.0. The van der Waals surface area contributed by atoms with E-state index in [0.717, 1.165) is 96.3 Å². The van der Waals surface area contributed by atoms with Crippen LogP contribution in [-0.4, -0.2) is 29.8 Å². The average molecular weight is 669 g/mol. The predicted molar refractivity (Wildman–Crippen MR) is 146 cm³/mol. The van der Waals surface area contributed by atoms with E-state index in [1.165, 1.54) is 0 Å². The van der Waals surface area contributed by atoms with Crippen molar-refractivity contribution in [1.29, 1.82) is 0 Å². The van der Waals surface area contributed by atoms with Crippen LogP contribution in [0.25, 0.3) is 0 Å². The minimum atomic E-state index is -0.932. The summed E-state index contributed by atoms with van der Waals surface area (Å²) in [5.74, 6) is -4.66. The quantitative estimate of drug-likeness (QED) is 0.135. The van der Waals surface area contributed by atoms with Gasteiger partial charge in [-0.2, -0.15) is 0 Å². The number of carbonyl (C=O) groups is 5. The molecular formula is C30H55NbO10. The van der Waals surface area contributed by atoms with Gasteiger partial charge in [0, 0.05) is 29.8 Å². The summed E-state index contributed by atoms with van der Waals surface area (Å²) < 4.78 is 0. The van der Waals surface area contributed by atoms with Crippen LogP contribution in [0.5, 0.6) is 0 Å². The van der Waals surface area contributed by atoms with Crippen LogP contribution in [0.15, 0.2) is 0 Å². The third kappa shape index (κ3) is 93.1. The van der Waals surface area contributed by atoms with Crippen molar-refractivity contribution in [3.05, 3.63) is 0 Å². The molecule has 0 unspecified atom stereocenters. The molecule has 0 saturated heterocycles. The molecule has 0 atom stereocenters. The van der Waals surface area contributed by atoms with Gasteiger partial charge in [-0.1, -0.05) is 98.8 Å². The molecule has 0 spiro atoms. The van der Waals surface area contributed by atoms with E-state index < -0.39 is 29.8 Å². The molecule has 0 fully saturated rings. The molecule has 0 aliphatic heterocycles.